The summed E-state index contributed by atoms with van der Waals surface area (Å²) in [6.07, 6.45) is -0.790. The molecule has 11 heteroatoms. The Morgan fingerprint density at radius 2 is 1.88 bits per heavy atom. The van der Waals surface area contributed by atoms with Crippen LogP contribution in [0, 0.1) is 5.82 Å². The van der Waals surface area contributed by atoms with Crippen LogP contribution in [0.1, 0.15) is 35.2 Å². The zero-order valence-electron chi connectivity index (χ0n) is 18.4. The van der Waals surface area contributed by atoms with Crippen molar-refractivity contribution in [2.75, 3.05) is 32.5 Å². The lowest BCUT2D eigenvalue weighted by molar-refractivity contribution is -0.118. The molecule has 3 aliphatic heterocycles. The molecule has 2 atom stereocenters. The Morgan fingerprint density at radius 3 is 2.45 bits per heavy atom. The third kappa shape index (κ3) is 5.07. The summed E-state index contributed by atoms with van der Waals surface area (Å²) < 4.78 is 39.6. The second kappa shape index (κ2) is 9.82. The van der Waals surface area contributed by atoms with Crippen molar-refractivity contribution in [2.45, 2.75) is 44.6 Å². The third-order valence-electron chi connectivity index (χ3n) is 6.51. The van der Waals surface area contributed by atoms with Crippen molar-refractivity contribution >= 4 is 23.8 Å². The predicted molar refractivity (Wildman–Crippen MR) is 118 cm³/mol. The van der Waals surface area contributed by atoms with Crippen LogP contribution in [0.5, 0.6) is 0 Å². The number of amides is 1. The number of anilines is 1. The molecule has 0 spiro atoms. The molecule has 1 aromatic heterocycles. The fourth-order valence-corrected chi connectivity index (χ4v) is 4.80. The van der Waals surface area contributed by atoms with Crippen LogP contribution in [0.2, 0.25) is 5.28 Å². The Hall–Kier alpha value is -2.43. The summed E-state index contributed by atoms with van der Waals surface area (Å²) in [6, 6.07) is 5.58. The van der Waals surface area contributed by atoms with E-state index in [1.807, 2.05) is 0 Å². The van der Waals surface area contributed by atoms with Crippen LogP contribution in [0.25, 0.3) is 0 Å². The molecule has 2 unspecified atom stereocenters. The van der Waals surface area contributed by atoms with Gasteiger partial charge in [0.2, 0.25) is 11.7 Å². The van der Waals surface area contributed by atoms with Crippen LogP contribution in [0.4, 0.5) is 19.0 Å². The fraction of sp³-hybridized carbons (Fsp3) is 0.500. The number of likely N-dealkylation sites (N-methyl/N-ethyl adjacent to an activating group) is 2. The van der Waals surface area contributed by atoms with E-state index < -0.39 is 17.8 Å². The molecule has 2 bridgehead atoms. The third-order valence-corrected chi connectivity index (χ3v) is 6.68. The molecular formula is C22H26ClF3N6O. The van der Waals surface area contributed by atoms with Gasteiger partial charge in [-0.25, -0.2) is 23.1 Å². The van der Waals surface area contributed by atoms with Gasteiger partial charge in [-0.05, 0) is 32.1 Å². The molecule has 2 saturated heterocycles. The van der Waals surface area contributed by atoms with E-state index in [1.54, 1.807) is 0 Å². The molecule has 0 aliphatic carbocycles. The van der Waals surface area contributed by atoms with Gasteiger partial charge in [0.25, 0.3) is 6.43 Å². The number of piperazine rings is 1. The molecule has 1 amide bonds. The van der Waals surface area contributed by atoms with E-state index in [0.717, 1.165) is 18.2 Å². The lowest BCUT2D eigenvalue weighted by Crippen LogP contribution is -2.42. The summed E-state index contributed by atoms with van der Waals surface area (Å²) in [4.78, 5) is 25.4. The Morgan fingerprint density at radius 1 is 1.18 bits per heavy atom. The van der Waals surface area contributed by atoms with Gasteiger partial charge in [-0.3, -0.25) is 4.79 Å². The average molecular weight is 483 g/mol. The predicted octanol–water partition coefficient (Wildman–Crippen LogP) is 3.30. The van der Waals surface area contributed by atoms with Gasteiger partial charge in [0, 0.05) is 42.8 Å². The summed E-state index contributed by atoms with van der Waals surface area (Å²) in [7, 11) is 4.47. The second-order valence-corrected chi connectivity index (χ2v) is 9.01. The summed E-state index contributed by atoms with van der Waals surface area (Å²) in [5.74, 6) is -0.595. The minimum atomic E-state index is -2.89. The van der Waals surface area contributed by atoms with Gasteiger partial charge in [0.15, 0.2) is 0 Å². The van der Waals surface area contributed by atoms with Crippen molar-refractivity contribution in [3.8, 4) is 0 Å². The number of benzene rings is 1. The highest BCUT2D eigenvalue weighted by atomic mass is 35.5. The van der Waals surface area contributed by atoms with Gasteiger partial charge in [-0.1, -0.05) is 18.2 Å². The average Bonchev–Trinajstić information content (AvgIpc) is 3.46. The summed E-state index contributed by atoms with van der Waals surface area (Å²) >= 11 is 5.86. The first-order valence-electron chi connectivity index (χ1n) is 10.7. The minimum absolute atomic E-state index is 0.00852. The Labute approximate surface area is 195 Å². The van der Waals surface area contributed by atoms with E-state index in [1.165, 1.54) is 36.5 Å². The Kier molecular flexibility index (Phi) is 7.06. The van der Waals surface area contributed by atoms with Crippen molar-refractivity contribution < 1.29 is 18.0 Å². The molecule has 0 saturated carbocycles. The molecule has 178 valence electrons. The summed E-state index contributed by atoms with van der Waals surface area (Å²) in [6.45, 7) is 3.15. The number of halogens is 4. The summed E-state index contributed by atoms with van der Waals surface area (Å²) in [5, 5.41) is 2.88. The van der Waals surface area contributed by atoms with Gasteiger partial charge in [-0.15, -0.1) is 0 Å². The molecule has 3 aliphatic rings. The zero-order chi connectivity index (χ0) is 23.7. The van der Waals surface area contributed by atoms with Crippen LogP contribution in [0.3, 0.4) is 0 Å². The fourth-order valence-electron chi connectivity index (χ4n) is 4.62. The van der Waals surface area contributed by atoms with Crippen molar-refractivity contribution in [3.05, 3.63) is 51.7 Å². The summed E-state index contributed by atoms with van der Waals surface area (Å²) in [5.41, 5.74) is 0.720. The molecule has 1 N–H and O–H groups in total. The van der Waals surface area contributed by atoms with Crippen LogP contribution in [-0.4, -0.2) is 70.3 Å². The molecule has 4 heterocycles. The maximum Gasteiger partial charge on any atom is 0.266 e. The van der Waals surface area contributed by atoms with Crippen molar-refractivity contribution in [2.24, 2.45) is 0 Å². The number of fused-ring (bicyclic) bond motifs is 3. The molecule has 7 nitrogen and oxygen atoms in total. The van der Waals surface area contributed by atoms with Crippen LogP contribution in [-0.2, 0) is 24.4 Å². The minimum Gasteiger partial charge on any atom is -0.365 e. The number of carbonyl (C=O) groups is 1. The molecule has 2 fully saturated rings. The Bertz CT molecular complexity index is 1010. The van der Waals surface area contributed by atoms with Crippen molar-refractivity contribution in [1.29, 1.82) is 0 Å². The topological polar surface area (TPSA) is 64.6 Å². The normalized spacial score (nSPS) is 21.8. The van der Waals surface area contributed by atoms with Gasteiger partial charge in [0.05, 0.1) is 24.3 Å². The standard InChI is InChI=1S/C15H12ClF3N4O.C7H14N2/c16-15-21-11-6-23(7-24)5-10(11)14(22-15)20-4-8-2-1-3-9(12(8)17)13(18)19;1-8-4-7-3-6(8)5-9(7)2/h1-3,7,13H,4-6H2,(H,20,21,22);6-7H,3-5H2,1-2H3. The van der Waals surface area contributed by atoms with E-state index in [0.29, 0.717) is 36.6 Å². The van der Waals surface area contributed by atoms with E-state index in [2.05, 4.69) is 39.2 Å². The number of aromatic nitrogens is 2. The number of nitrogens with zero attached hydrogens (tertiary/aromatic N) is 5. The number of nitrogens with one attached hydrogen (secondary N) is 1. The molecule has 5 rings (SSSR count). The quantitative estimate of drug-likeness (QED) is 0.521. The van der Waals surface area contributed by atoms with Crippen molar-refractivity contribution in [1.82, 2.24) is 24.7 Å². The van der Waals surface area contributed by atoms with Crippen LogP contribution in [0.15, 0.2) is 18.2 Å². The molecule has 1 aromatic carbocycles. The zero-order valence-corrected chi connectivity index (χ0v) is 19.2. The number of alkyl halides is 2. The smallest absolute Gasteiger partial charge is 0.266 e. The van der Waals surface area contributed by atoms with Gasteiger partial charge >= 0.3 is 0 Å². The molecule has 0 radical (unpaired) electrons. The largest absolute Gasteiger partial charge is 0.365 e. The number of hydrogen-bond acceptors (Lipinski definition) is 6. The number of likely N-dealkylation sites (tertiary alicyclic amines) is 2. The number of hydrogen-bond donors (Lipinski definition) is 1. The van der Waals surface area contributed by atoms with Crippen LogP contribution < -0.4 is 5.32 Å². The number of rotatable bonds is 5. The Balaban J connectivity index is 0.000000238. The highest BCUT2D eigenvalue weighted by Gasteiger charge is 2.39. The monoisotopic (exact) mass is 482 g/mol. The second-order valence-electron chi connectivity index (χ2n) is 8.67. The van der Waals surface area contributed by atoms with Crippen LogP contribution >= 0.6 is 11.6 Å². The van der Waals surface area contributed by atoms with E-state index in [4.69, 9.17) is 11.6 Å². The van der Waals surface area contributed by atoms with Gasteiger partial charge < -0.3 is 20.0 Å². The maximum atomic E-state index is 14.1. The lowest BCUT2D eigenvalue weighted by atomic mass is 10.1. The first-order valence-corrected chi connectivity index (χ1v) is 11.1. The SMILES string of the molecule is CN1CC2CC1CN2C.O=CN1Cc2nc(Cl)nc(NCc3cccc(C(F)F)c3F)c2C1. The maximum absolute atomic E-state index is 14.1. The van der Waals surface area contributed by atoms with Crippen molar-refractivity contribution in [3.63, 3.8) is 0 Å². The first kappa shape index (κ1) is 23.7. The highest BCUT2D eigenvalue weighted by Crippen LogP contribution is 2.29. The molecule has 33 heavy (non-hydrogen) atoms. The molecule has 2 aromatic rings. The van der Waals surface area contributed by atoms with Gasteiger partial charge in [-0.2, -0.15) is 0 Å². The van der Waals surface area contributed by atoms with E-state index >= 15 is 0 Å². The lowest BCUT2D eigenvalue weighted by Gasteiger charge is -2.28. The number of carbonyl (C=O) groups excluding carboxylic acids is 1. The highest BCUT2D eigenvalue weighted by molar-refractivity contribution is 6.28. The first-order chi connectivity index (χ1) is 15.8. The molecular weight excluding hydrogens is 457 g/mol. The van der Waals surface area contributed by atoms with E-state index in [9.17, 15) is 18.0 Å². The van der Waals surface area contributed by atoms with Gasteiger partial charge in [0.1, 0.15) is 11.6 Å². The van der Waals surface area contributed by atoms with E-state index in [-0.39, 0.29) is 17.4 Å².